The molecule has 3 rings (SSSR count). The fourth-order valence-corrected chi connectivity index (χ4v) is 5.83. The molecule has 148 valence electrons. The molecule has 1 fully saturated rings. The Hall–Kier alpha value is -1.58. The number of amides is 1. The lowest BCUT2D eigenvalue weighted by molar-refractivity contribution is -0.136. The van der Waals surface area contributed by atoms with Crippen molar-refractivity contribution in [3.05, 3.63) is 23.8 Å². The lowest BCUT2D eigenvalue weighted by atomic mass is 10.0. The van der Waals surface area contributed by atoms with E-state index in [0.717, 1.165) is 36.9 Å². The van der Waals surface area contributed by atoms with Gasteiger partial charge in [0.2, 0.25) is 15.9 Å². The number of rotatable bonds is 7. The Balaban J connectivity index is 1.73. The smallest absolute Gasteiger partial charge is 0.304 e. The Kier molecular flexibility index (Phi) is 6.44. The van der Waals surface area contributed by atoms with E-state index in [1.165, 1.54) is 16.1 Å². The largest absolute Gasteiger partial charge is 0.481 e. The molecular formula is C18H24N2O5S2. The van der Waals surface area contributed by atoms with E-state index in [1.807, 2.05) is 0 Å². The summed E-state index contributed by atoms with van der Waals surface area (Å²) in [5, 5.41) is 8.67. The summed E-state index contributed by atoms with van der Waals surface area (Å²) in [4.78, 5) is 25.1. The van der Waals surface area contributed by atoms with E-state index in [2.05, 4.69) is 0 Å². The molecule has 7 nitrogen and oxygen atoms in total. The van der Waals surface area contributed by atoms with Crippen molar-refractivity contribution in [1.82, 2.24) is 4.31 Å². The topological polar surface area (TPSA) is 95.0 Å². The molecule has 0 atom stereocenters. The van der Waals surface area contributed by atoms with Crippen LogP contribution in [-0.2, 0) is 26.0 Å². The van der Waals surface area contributed by atoms with Crippen LogP contribution in [0, 0.1) is 0 Å². The van der Waals surface area contributed by atoms with E-state index in [1.54, 1.807) is 23.1 Å². The number of nitrogens with zero attached hydrogens (tertiary/aromatic N) is 2. The highest BCUT2D eigenvalue weighted by atomic mass is 32.2. The number of carboxylic acid groups (broad SMARTS) is 1. The average molecular weight is 413 g/mol. The lowest BCUT2D eigenvalue weighted by Gasteiger charge is -2.30. The van der Waals surface area contributed by atoms with Gasteiger partial charge in [0.1, 0.15) is 0 Å². The van der Waals surface area contributed by atoms with E-state index in [-0.39, 0.29) is 18.1 Å². The van der Waals surface area contributed by atoms with Crippen LogP contribution in [0.5, 0.6) is 0 Å². The number of carbonyl (C=O) groups excluding carboxylic acids is 1. The Morgan fingerprint density at radius 3 is 2.56 bits per heavy atom. The van der Waals surface area contributed by atoms with Crippen LogP contribution >= 0.6 is 11.8 Å². The lowest BCUT2D eigenvalue weighted by Crippen LogP contribution is -2.37. The van der Waals surface area contributed by atoms with Gasteiger partial charge in [0.15, 0.2) is 0 Å². The van der Waals surface area contributed by atoms with E-state index in [4.69, 9.17) is 5.11 Å². The van der Waals surface area contributed by atoms with Crippen molar-refractivity contribution in [2.75, 3.05) is 36.0 Å². The highest BCUT2D eigenvalue weighted by Gasteiger charge is 2.29. The first kappa shape index (κ1) is 20.2. The van der Waals surface area contributed by atoms with E-state index in [9.17, 15) is 18.0 Å². The molecule has 0 saturated carbocycles. The number of thioether (sulfide) groups is 1. The quantitative estimate of drug-likeness (QED) is 0.688. The van der Waals surface area contributed by atoms with Gasteiger partial charge < -0.3 is 10.0 Å². The first-order valence-corrected chi connectivity index (χ1v) is 11.7. The zero-order valence-electron chi connectivity index (χ0n) is 15.1. The maximum Gasteiger partial charge on any atom is 0.304 e. The fourth-order valence-electron chi connectivity index (χ4n) is 3.47. The van der Waals surface area contributed by atoms with E-state index >= 15 is 0 Å². The van der Waals surface area contributed by atoms with Crippen molar-refractivity contribution in [3.63, 3.8) is 0 Å². The molecule has 0 radical (unpaired) electrons. The molecule has 0 aromatic heterocycles. The summed E-state index contributed by atoms with van der Waals surface area (Å²) >= 11 is 1.31. The van der Waals surface area contributed by atoms with Gasteiger partial charge in [-0.1, -0.05) is 0 Å². The maximum atomic E-state index is 12.8. The molecule has 0 spiro atoms. The van der Waals surface area contributed by atoms with Crippen LogP contribution in [0.25, 0.3) is 0 Å². The number of sulfonamides is 1. The van der Waals surface area contributed by atoms with E-state index < -0.39 is 16.0 Å². The van der Waals surface area contributed by atoms with Crippen LogP contribution in [0.3, 0.4) is 0 Å². The van der Waals surface area contributed by atoms with Crippen molar-refractivity contribution in [1.29, 1.82) is 0 Å². The third kappa shape index (κ3) is 4.64. The number of hydrogen-bond donors (Lipinski definition) is 1. The molecular weight excluding hydrogens is 388 g/mol. The summed E-state index contributed by atoms with van der Waals surface area (Å²) in [6.07, 6.45) is 3.35. The molecule has 1 N–H and O–H groups in total. The number of carbonyl (C=O) groups is 2. The molecule has 0 bridgehead atoms. The molecule has 1 aromatic rings. The molecule has 1 saturated heterocycles. The minimum atomic E-state index is -3.47. The van der Waals surface area contributed by atoms with Gasteiger partial charge in [-0.25, -0.2) is 8.42 Å². The zero-order chi connectivity index (χ0) is 19.4. The Morgan fingerprint density at radius 1 is 1.11 bits per heavy atom. The number of hydrogen-bond acceptors (Lipinski definition) is 5. The monoisotopic (exact) mass is 412 g/mol. The molecule has 1 aromatic carbocycles. The summed E-state index contributed by atoms with van der Waals surface area (Å²) in [5.74, 6) is -0.318. The zero-order valence-corrected chi connectivity index (χ0v) is 16.7. The Morgan fingerprint density at radius 2 is 1.85 bits per heavy atom. The number of aryl methyl sites for hydroxylation is 1. The van der Waals surface area contributed by atoms with Crippen molar-refractivity contribution >= 4 is 39.3 Å². The predicted octanol–water partition coefficient (Wildman–Crippen LogP) is 1.96. The molecule has 2 aliphatic rings. The van der Waals surface area contributed by atoms with Crippen LogP contribution in [0.15, 0.2) is 23.1 Å². The van der Waals surface area contributed by atoms with Gasteiger partial charge in [0.25, 0.3) is 0 Å². The second-order valence-corrected chi connectivity index (χ2v) is 9.79. The molecule has 0 unspecified atom stereocenters. The number of anilines is 1. The number of aliphatic carboxylic acids is 1. The molecule has 1 amide bonds. The van der Waals surface area contributed by atoms with Crippen molar-refractivity contribution in [2.24, 2.45) is 0 Å². The number of fused-ring (bicyclic) bond motifs is 1. The van der Waals surface area contributed by atoms with Crippen LogP contribution < -0.4 is 4.90 Å². The Bertz CT molecular complexity index is 819. The number of carboxylic acids is 1. The van der Waals surface area contributed by atoms with Crippen LogP contribution in [0.4, 0.5) is 5.69 Å². The second-order valence-electron chi connectivity index (χ2n) is 6.75. The molecule has 2 aliphatic heterocycles. The number of benzene rings is 1. The third-order valence-electron chi connectivity index (χ3n) is 4.86. The van der Waals surface area contributed by atoms with Crippen molar-refractivity contribution < 1.29 is 23.1 Å². The first-order valence-electron chi connectivity index (χ1n) is 9.12. The van der Waals surface area contributed by atoms with Crippen molar-refractivity contribution in [2.45, 2.75) is 37.0 Å². The minimum Gasteiger partial charge on any atom is -0.481 e. The van der Waals surface area contributed by atoms with Crippen LogP contribution in [-0.4, -0.2) is 60.8 Å². The van der Waals surface area contributed by atoms with Gasteiger partial charge >= 0.3 is 5.97 Å². The summed E-state index contributed by atoms with van der Waals surface area (Å²) < 4.78 is 27.0. The molecule has 2 heterocycles. The molecule has 27 heavy (non-hydrogen) atoms. The fraction of sp³-hybridized carbons (Fsp3) is 0.556. The summed E-state index contributed by atoms with van der Waals surface area (Å²) in [6.45, 7) is 1.73. The standard InChI is InChI=1S/C18H24N2O5S2/c21-17(13-26-11-7-18(22)23)20-10-3-4-14-12-15(5-6-16(14)20)27(24,25)19-8-1-2-9-19/h5-6,12H,1-4,7-11,13H2,(H,22,23). The summed E-state index contributed by atoms with van der Waals surface area (Å²) in [6, 6.07) is 5.03. The highest BCUT2D eigenvalue weighted by molar-refractivity contribution is 7.99. The normalized spacial score (nSPS) is 17.7. The van der Waals surface area contributed by atoms with Gasteiger partial charge in [0.05, 0.1) is 17.1 Å². The molecule has 9 heteroatoms. The van der Waals surface area contributed by atoms with Gasteiger partial charge in [-0.3, -0.25) is 9.59 Å². The van der Waals surface area contributed by atoms with Crippen LogP contribution in [0.2, 0.25) is 0 Å². The maximum absolute atomic E-state index is 12.8. The van der Waals surface area contributed by atoms with Gasteiger partial charge in [0, 0.05) is 31.1 Å². The van der Waals surface area contributed by atoms with Gasteiger partial charge in [-0.05, 0) is 49.4 Å². The SMILES string of the molecule is O=C(O)CCSCC(=O)N1CCCc2cc(S(=O)(=O)N3CCCC3)ccc21. The minimum absolute atomic E-state index is 0.0340. The van der Waals surface area contributed by atoms with E-state index in [0.29, 0.717) is 30.3 Å². The second kappa shape index (κ2) is 8.62. The average Bonchev–Trinajstić information content (AvgIpc) is 3.19. The first-order chi connectivity index (χ1) is 12.9. The Labute approximate surface area is 163 Å². The molecule has 0 aliphatic carbocycles. The highest BCUT2D eigenvalue weighted by Crippen LogP contribution is 2.31. The van der Waals surface area contributed by atoms with Gasteiger partial charge in [-0.2, -0.15) is 16.1 Å². The van der Waals surface area contributed by atoms with Crippen LogP contribution in [0.1, 0.15) is 31.2 Å². The van der Waals surface area contributed by atoms with Crippen molar-refractivity contribution in [3.8, 4) is 0 Å². The summed E-state index contributed by atoms with van der Waals surface area (Å²) in [5.41, 5.74) is 1.65. The summed E-state index contributed by atoms with van der Waals surface area (Å²) in [7, 11) is -3.47. The van der Waals surface area contributed by atoms with Gasteiger partial charge in [-0.15, -0.1) is 0 Å². The predicted molar refractivity (Wildman–Crippen MR) is 105 cm³/mol. The third-order valence-corrected chi connectivity index (χ3v) is 7.70.